The summed E-state index contributed by atoms with van der Waals surface area (Å²) in [5, 5.41) is 13.5. The van der Waals surface area contributed by atoms with Gasteiger partial charge >= 0.3 is 5.97 Å². The summed E-state index contributed by atoms with van der Waals surface area (Å²) in [7, 11) is 0. The maximum absolute atomic E-state index is 11.0. The van der Waals surface area contributed by atoms with Crippen molar-refractivity contribution < 1.29 is 9.90 Å². The summed E-state index contributed by atoms with van der Waals surface area (Å²) in [6.45, 7) is 0. The van der Waals surface area contributed by atoms with E-state index in [0.717, 1.165) is 16.5 Å². The van der Waals surface area contributed by atoms with Crippen molar-refractivity contribution in [3.8, 4) is 0 Å². The Morgan fingerprint density at radius 2 is 1.50 bits per heavy atom. The monoisotopic (exact) mass is 388 g/mol. The first-order valence-corrected chi connectivity index (χ1v) is 10.1. The highest BCUT2D eigenvalue weighted by molar-refractivity contribution is 8.13. The van der Waals surface area contributed by atoms with Crippen molar-refractivity contribution in [3.05, 3.63) is 107 Å². The fourth-order valence-electron chi connectivity index (χ4n) is 3.27. The van der Waals surface area contributed by atoms with Crippen LogP contribution in [0.4, 0.5) is 0 Å². The molecule has 28 heavy (non-hydrogen) atoms. The second-order valence-corrected chi connectivity index (χ2v) is 7.58. The number of benzene rings is 3. The number of nitrogens with one attached hydrogen (secondary N) is 1. The lowest BCUT2D eigenvalue weighted by atomic mass is 9.95. The van der Waals surface area contributed by atoms with Gasteiger partial charge in [0.2, 0.25) is 0 Å². The van der Waals surface area contributed by atoms with Gasteiger partial charge in [0, 0.05) is 5.75 Å². The van der Waals surface area contributed by atoms with Crippen molar-refractivity contribution in [3.63, 3.8) is 0 Å². The number of hydrogen-bond donors (Lipinski definition) is 2. The van der Waals surface area contributed by atoms with Gasteiger partial charge in [-0.05, 0) is 28.8 Å². The molecule has 1 heterocycles. The summed E-state index contributed by atoms with van der Waals surface area (Å²) in [6, 6.07) is 27.8. The maximum atomic E-state index is 11.0. The number of aromatic carboxylic acids is 1. The quantitative estimate of drug-likeness (QED) is 0.641. The lowest BCUT2D eigenvalue weighted by molar-refractivity contribution is 0.0697. The number of carboxylic acid groups (broad SMARTS) is 1. The van der Waals surface area contributed by atoms with Gasteiger partial charge in [-0.15, -0.1) is 0 Å². The number of carbonyl (C=O) groups is 1. The summed E-state index contributed by atoms with van der Waals surface area (Å²) in [4.78, 5) is 15.9. The van der Waals surface area contributed by atoms with Gasteiger partial charge in [-0.3, -0.25) is 4.99 Å². The van der Waals surface area contributed by atoms with Gasteiger partial charge in [0.25, 0.3) is 0 Å². The van der Waals surface area contributed by atoms with E-state index >= 15 is 0 Å². The van der Waals surface area contributed by atoms with Crippen molar-refractivity contribution in [1.82, 2.24) is 5.32 Å². The molecule has 0 saturated carbocycles. The number of amidine groups is 1. The highest BCUT2D eigenvalue weighted by atomic mass is 32.2. The minimum atomic E-state index is -0.905. The van der Waals surface area contributed by atoms with Crippen molar-refractivity contribution in [1.29, 1.82) is 0 Å². The van der Waals surface area contributed by atoms with E-state index in [-0.39, 0.29) is 12.1 Å². The summed E-state index contributed by atoms with van der Waals surface area (Å²) in [5.74, 6) is -0.174. The van der Waals surface area contributed by atoms with Crippen LogP contribution in [0.5, 0.6) is 0 Å². The van der Waals surface area contributed by atoms with E-state index in [1.165, 1.54) is 11.1 Å². The molecule has 4 rings (SSSR count). The van der Waals surface area contributed by atoms with Gasteiger partial charge in [0.1, 0.15) is 6.04 Å². The summed E-state index contributed by atoms with van der Waals surface area (Å²) < 4.78 is 0. The zero-order valence-electron chi connectivity index (χ0n) is 15.2. The number of thioether (sulfide) groups is 1. The Kier molecular flexibility index (Phi) is 5.44. The van der Waals surface area contributed by atoms with Crippen LogP contribution in [0.3, 0.4) is 0 Å². The van der Waals surface area contributed by atoms with Crippen LogP contribution in [0, 0.1) is 0 Å². The Labute approximate surface area is 168 Å². The van der Waals surface area contributed by atoms with Gasteiger partial charge in [-0.2, -0.15) is 0 Å². The third-order valence-corrected chi connectivity index (χ3v) is 5.70. The number of carboxylic acids is 1. The van der Waals surface area contributed by atoms with Gasteiger partial charge < -0.3 is 10.4 Å². The van der Waals surface area contributed by atoms with Crippen molar-refractivity contribution >= 4 is 22.9 Å². The highest BCUT2D eigenvalue weighted by Gasteiger charge is 2.31. The van der Waals surface area contributed by atoms with Gasteiger partial charge in [0.15, 0.2) is 5.17 Å². The number of aliphatic imine (C=N–C) groups is 1. The Bertz CT molecular complexity index is 973. The van der Waals surface area contributed by atoms with Crippen LogP contribution in [0.15, 0.2) is 89.9 Å². The molecular formula is C23H20N2O2S. The average molecular weight is 388 g/mol. The SMILES string of the molecule is O=C(O)c1ccc(CSC2=NC(c3ccccc3)C(c3ccccc3)N2)cc1. The van der Waals surface area contributed by atoms with E-state index in [1.807, 2.05) is 48.5 Å². The van der Waals surface area contributed by atoms with Crippen LogP contribution in [0.2, 0.25) is 0 Å². The highest BCUT2D eigenvalue weighted by Crippen LogP contribution is 2.38. The predicted octanol–water partition coefficient (Wildman–Crippen LogP) is 5.06. The Hall–Kier alpha value is -3.05. The number of hydrogen-bond acceptors (Lipinski definition) is 4. The molecule has 0 spiro atoms. The second-order valence-electron chi connectivity index (χ2n) is 6.61. The van der Waals surface area contributed by atoms with Crippen molar-refractivity contribution in [2.24, 2.45) is 4.99 Å². The van der Waals surface area contributed by atoms with E-state index < -0.39 is 5.97 Å². The topological polar surface area (TPSA) is 61.7 Å². The predicted molar refractivity (Wildman–Crippen MR) is 114 cm³/mol. The van der Waals surface area contributed by atoms with Crippen LogP contribution >= 0.6 is 11.8 Å². The molecule has 0 fully saturated rings. The molecule has 140 valence electrons. The average Bonchev–Trinajstić information content (AvgIpc) is 3.18. The summed E-state index contributed by atoms with van der Waals surface area (Å²) in [5.41, 5.74) is 3.77. The zero-order chi connectivity index (χ0) is 19.3. The fraction of sp³-hybridized carbons (Fsp3) is 0.130. The molecule has 5 heteroatoms. The molecule has 3 aromatic rings. The van der Waals surface area contributed by atoms with E-state index in [4.69, 9.17) is 10.1 Å². The van der Waals surface area contributed by atoms with Crippen LogP contribution in [0.1, 0.15) is 39.1 Å². The lowest BCUT2D eigenvalue weighted by Gasteiger charge is -2.19. The molecule has 0 saturated heterocycles. The Morgan fingerprint density at radius 1 is 0.893 bits per heavy atom. The summed E-state index contributed by atoms with van der Waals surface area (Å²) >= 11 is 1.64. The van der Waals surface area contributed by atoms with E-state index in [2.05, 4.69) is 29.6 Å². The fourth-order valence-corrected chi connectivity index (χ4v) is 4.16. The second kappa shape index (κ2) is 8.31. The molecule has 2 atom stereocenters. The molecule has 0 radical (unpaired) electrons. The molecule has 0 aromatic heterocycles. The number of rotatable bonds is 5. The van der Waals surface area contributed by atoms with Crippen LogP contribution in [-0.4, -0.2) is 16.2 Å². The van der Waals surface area contributed by atoms with Gasteiger partial charge in [-0.25, -0.2) is 4.79 Å². The molecule has 3 aromatic carbocycles. The third kappa shape index (κ3) is 4.10. The normalized spacial score (nSPS) is 18.4. The molecule has 0 bridgehead atoms. The first kappa shape index (κ1) is 18.3. The van der Waals surface area contributed by atoms with Crippen LogP contribution < -0.4 is 5.32 Å². The van der Waals surface area contributed by atoms with Gasteiger partial charge in [0.05, 0.1) is 11.6 Å². The largest absolute Gasteiger partial charge is 0.478 e. The molecular weight excluding hydrogens is 368 g/mol. The van der Waals surface area contributed by atoms with Crippen LogP contribution in [-0.2, 0) is 5.75 Å². The zero-order valence-corrected chi connectivity index (χ0v) is 16.0. The van der Waals surface area contributed by atoms with E-state index in [1.54, 1.807) is 23.9 Å². The van der Waals surface area contributed by atoms with Crippen molar-refractivity contribution in [2.45, 2.75) is 17.8 Å². The first-order chi connectivity index (χ1) is 13.7. The standard InChI is InChI=1S/C23H20N2O2S/c26-22(27)19-13-11-16(12-14-19)15-28-23-24-20(17-7-3-1-4-8-17)21(25-23)18-9-5-2-6-10-18/h1-14,20-21H,15H2,(H,24,25)(H,26,27). The van der Waals surface area contributed by atoms with E-state index in [9.17, 15) is 4.79 Å². The minimum Gasteiger partial charge on any atom is -0.478 e. The van der Waals surface area contributed by atoms with Crippen LogP contribution in [0.25, 0.3) is 0 Å². The summed E-state index contributed by atoms with van der Waals surface area (Å²) in [6.07, 6.45) is 0. The molecule has 4 nitrogen and oxygen atoms in total. The molecule has 2 unspecified atom stereocenters. The molecule has 1 aliphatic heterocycles. The van der Waals surface area contributed by atoms with Gasteiger partial charge in [-0.1, -0.05) is 84.6 Å². The smallest absolute Gasteiger partial charge is 0.335 e. The maximum Gasteiger partial charge on any atom is 0.335 e. The Balaban J connectivity index is 1.51. The lowest BCUT2D eigenvalue weighted by Crippen LogP contribution is -2.22. The number of nitrogens with zero attached hydrogens (tertiary/aromatic N) is 1. The first-order valence-electron chi connectivity index (χ1n) is 9.10. The Morgan fingerprint density at radius 3 is 2.11 bits per heavy atom. The third-order valence-electron chi connectivity index (χ3n) is 4.73. The molecule has 0 amide bonds. The van der Waals surface area contributed by atoms with E-state index in [0.29, 0.717) is 5.56 Å². The van der Waals surface area contributed by atoms with Crippen molar-refractivity contribution in [2.75, 3.05) is 0 Å². The molecule has 1 aliphatic rings. The molecule has 2 N–H and O–H groups in total. The minimum absolute atomic E-state index is 0.0282. The molecule has 0 aliphatic carbocycles.